The normalized spacial score (nSPS) is 11.7. The summed E-state index contributed by atoms with van der Waals surface area (Å²) in [5.41, 5.74) is 5.29. The second kappa shape index (κ2) is 9.89. The average molecular weight is 602 g/mol. The molecule has 198 valence electrons. The van der Waals surface area contributed by atoms with Gasteiger partial charge in [-0.3, -0.25) is 14.5 Å². The quantitative estimate of drug-likeness (QED) is 0.196. The maximum atomic E-state index is 4.87. The molecule has 0 N–H and O–H groups in total. The van der Waals surface area contributed by atoms with Crippen LogP contribution in [0.1, 0.15) is 9.75 Å². The predicted molar refractivity (Wildman–Crippen MR) is 179 cm³/mol. The summed E-state index contributed by atoms with van der Waals surface area (Å²) in [5.74, 6) is 0. The van der Waals surface area contributed by atoms with Gasteiger partial charge in [0.15, 0.2) is 0 Å². The minimum atomic E-state index is 0.882. The van der Waals surface area contributed by atoms with Crippen molar-refractivity contribution in [3.05, 3.63) is 113 Å². The number of hydrogen-bond donors (Lipinski definition) is 0. The SMILES string of the molecule is Cc1ccc(-c2ccc(-c3ccc4c(c3)c3cc(-c5ccccn5)ncc3n4-c3ccc(-c4ccc(C)s4)s3)s2)s1. The van der Waals surface area contributed by atoms with Gasteiger partial charge in [-0.25, -0.2) is 0 Å². The molecule has 0 radical (unpaired) electrons. The predicted octanol–water partition coefficient (Wildman–Crippen LogP) is 11.1. The number of aryl methyl sites for hydroxylation is 2. The van der Waals surface area contributed by atoms with E-state index in [1.54, 1.807) is 0 Å². The van der Waals surface area contributed by atoms with Gasteiger partial charge in [0, 0.05) is 51.1 Å². The van der Waals surface area contributed by atoms with Crippen molar-refractivity contribution in [1.29, 1.82) is 0 Å². The van der Waals surface area contributed by atoms with E-state index in [0.717, 1.165) is 16.9 Å². The Balaban J connectivity index is 1.31. The second-order valence-electron chi connectivity index (χ2n) is 9.99. The fourth-order valence-corrected chi connectivity index (χ4v) is 9.26. The van der Waals surface area contributed by atoms with Crippen LogP contribution in [0.15, 0.2) is 103 Å². The van der Waals surface area contributed by atoms with E-state index in [-0.39, 0.29) is 0 Å². The van der Waals surface area contributed by atoms with Crippen molar-refractivity contribution < 1.29 is 0 Å². The van der Waals surface area contributed by atoms with Gasteiger partial charge in [-0.2, -0.15) is 0 Å². The third-order valence-corrected chi connectivity index (χ3v) is 11.8. The molecule has 7 heterocycles. The summed E-state index contributed by atoms with van der Waals surface area (Å²) in [7, 11) is 0. The molecule has 0 amide bonds. The number of rotatable bonds is 5. The lowest BCUT2D eigenvalue weighted by molar-refractivity contribution is 1.19. The van der Waals surface area contributed by atoms with Gasteiger partial charge in [-0.1, -0.05) is 12.1 Å². The standard InChI is InChI=1S/C34H23N3S4/c1-20-6-10-30(38-20)32-13-12-29(40-32)22-8-9-27-23(17-22)24-18-26(25-5-3-4-16-35-25)36-19-28(24)37(27)34-15-14-33(41-34)31-11-7-21(2)39-31/h3-19H,1-2H3. The zero-order chi connectivity index (χ0) is 27.5. The van der Waals surface area contributed by atoms with Crippen LogP contribution >= 0.6 is 45.3 Å². The molecule has 0 aliphatic carbocycles. The summed E-state index contributed by atoms with van der Waals surface area (Å²) in [6.07, 6.45) is 3.83. The van der Waals surface area contributed by atoms with Crippen molar-refractivity contribution >= 4 is 67.2 Å². The van der Waals surface area contributed by atoms with Crippen LogP contribution in [0, 0.1) is 13.8 Å². The lowest BCUT2D eigenvalue weighted by atomic mass is 10.1. The number of benzene rings is 1. The Morgan fingerprint density at radius 2 is 1.22 bits per heavy atom. The Labute approximate surface area is 253 Å². The molecule has 0 spiro atoms. The zero-order valence-corrected chi connectivity index (χ0v) is 25.6. The molecule has 41 heavy (non-hydrogen) atoms. The minimum Gasteiger partial charge on any atom is -0.299 e. The number of hydrogen-bond acceptors (Lipinski definition) is 6. The van der Waals surface area contributed by atoms with Crippen molar-refractivity contribution in [3.8, 4) is 46.3 Å². The molecule has 3 nitrogen and oxygen atoms in total. The monoisotopic (exact) mass is 601 g/mol. The van der Waals surface area contributed by atoms with Crippen LogP contribution in [0.4, 0.5) is 0 Å². The molecule has 0 atom stereocenters. The van der Waals surface area contributed by atoms with Gasteiger partial charge in [0.2, 0.25) is 0 Å². The molecule has 7 heteroatoms. The molecule has 0 bridgehead atoms. The summed E-state index contributed by atoms with van der Waals surface area (Å²) in [6.45, 7) is 4.33. The van der Waals surface area contributed by atoms with E-state index in [4.69, 9.17) is 4.98 Å². The molecule has 0 fully saturated rings. The molecule has 1 aromatic carbocycles. The third-order valence-electron chi connectivity index (χ3n) is 7.25. The lowest BCUT2D eigenvalue weighted by Gasteiger charge is -2.05. The van der Waals surface area contributed by atoms with Crippen LogP contribution < -0.4 is 0 Å². The molecular weight excluding hydrogens is 579 g/mol. The van der Waals surface area contributed by atoms with Crippen LogP contribution in [0.25, 0.3) is 68.1 Å². The molecule has 0 saturated carbocycles. The summed E-state index contributed by atoms with van der Waals surface area (Å²) in [6, 6.07) is 32.9. The van der Waals surface area contributed by atoms with Crippen molar-refractivity contribution in [2.24, 2.45) is 0 Å². The van der Waals surface area contributed by atoms with Gasteiger partial charge in [0.05, 0.1) is 28.6 Å². The Morgan fingerprint density at radius 1 is 0.537 bits per heavy atom. The summed E-state index contributed by atoms with van der Waals surface area (Å²) < 4.78 is 2.37. The molecule has 0 aliphatic heterocycles. The van der Waals surface area contributed by atoms with E-state index in [0.29, 0.717) is 0 Å². The van der Waals surface area contributed by atoms with E-state index in [1.165, 1.54) is 61.0 Å². The molecule has 8 aromatic rings. The average Bonchev–Trinajstić information content (AvgIpc) is 3.83. The van der Waals surface area contributed by atoms with Crippen LogP contribution in [0.3, 0.4) is 0 Å². The van der Waals surface area contributed by atoms with Crippen molar-refractivity contribution in [2.45, 2.75) is 13.8 Å². The molecular formula is C34H23N3S4. The summed E-state index contributed by atoms with van der Waals surface area (Å²) >= 11 is 7.38. The maximum absolute atomic E-state index is 4.87. The van der Waals surface area contributed by atoms with Crippen molar-refractivity contribution in [3.63, 3.8) is 0 Å². The number of thiophene rings is 4. The first-order valence-corrected chi connectivity index (χ1v) is 16.6. The van der Waals surface area contributed by atoms with Gasteiger partial charge >= 0.3 is 0 Å². The molecule has 7 aromatic heterocycles. The highest BCUT2D eigenvalue weighted by molar-refractivity contribution is 7.24. The molecule has 0 saturated heterocycles. The van der Waals surface area contributed by atoms with E-state index in [2.05, 4.69) is 96.2 Å². The van der Waals surface area contributed by atoms with Gasteiger partial charge in [-0.15, -0.1) is 45.3 Å². The van der Waals surface area contributed by atoms with E-state index in [1.807, 2.05) is 75.9 Å². The highest BCUT2D eigenvalue weighted by Crippen LogP contribution is 2.42. The van der Waals surface area contributed by atoms with Crippen LogP contribution in [-0.2, 0) is 0 Å². The first-order chi connectivity index (χ1) is 20.1. The zero-order valence-electron chi connectivity index (χ0n) is 22.3. The van der Waals surface area contributed by atoms with Gasteiger partial charge < -0.3 is 0 Å². The fourth-order valence-electron chi connectivity index (χ4n) is 5.30. The van der Waals surface area contributed by atoms with E-state index < -0.39 is 0 Å². The first-order valence-electron chi connectivity index (χ1n) is 13.3. The van der Waals surface area contributed by atoms with Gasteiger partial charge in [-0.05, 0) is 98.3 Å². The van der Waals surface area contributed by atoms with Crippen molar-refractivity contribution in [1.82, 2.24) is 14.5 Å². The largest absolute Gasteiger partial charge is 0.299 e. The number of pyridine rings is 2. The van der Waals surface area contributed by atoms with Crippen molar-refractivity contribution in [2.75, 3.05) is 0 Å². The maximum Gasteiger partial charge on any atom is 0.101 e. The molecule has 0 unspecified atom stereocenters. The Kier molecular flexibility index (Phi) is 6.00. The Morgan fingerprint density at radius 3 is 1.95 bits per heavy atom. The smallest absolute Gasteiger partial charge is 0.101 e. The highest BCUT2D eigenvalue weighted by atomic mass is 32.1. The second-order valence-corrected chi connectivity index (χ2v) is 14.7. The first kappa shape index (κ1) is 24.9. The topological polar surface area (TPSA) is 30.7 Å². The minimum absolute atomic E-state index is 0.882. The third kappa shape index (κ3) is 4.37. The number of fused-ring (bicyclic) bond motifs is 3. The van der Waals surface area contributed by atoms with Crippen LogP contribution in [-0.4, -0.2) is 14.5 Å². The van der Waals surface area contributed by atoms with E-state index in [9.17, 15) is 0 Å². The lowest BCUT2D eigenvalue weighted by Crippen LogP contribution is -1.91. The van der Waals surface area contributed by atoms with Crippen LogP contribution in [0.5, 0.6) is 0 Å². The molecule has 0 aliphatic rings. The Bertz CT molecular complexity index is 2190. The van der Waals surface area contributed by atoms with Gasteiger partial charge in [0.1, 0.15) is 5.00 Å². The number of aromatic nitrogens is 3. The number of nitrogens with zero attached hydrogens (tertiary/aromatic N) is 3. The summed E-state index contributed by atoms with van der Waals surface area (Å²) in [5, 5.41) is 3.60. The van der Waals surface area contributed by atoms with Crippen LogP contribution in [0.2, 0.25) is 0 Å². The highest BCUT2D eigenvalue weighted by Gasteiger charge is 2.18. The van der Waals surface area contributed by atoms with Gasteiger partial charge in [0.25, 0.3) is 0 Å². The summed E-state index contributed by atoms with van der Waals surface area (Å²) in [4.78, 5) is 18.6. The molecule has 8 rings (SSSR count). The Hall–Kier alpha value is -3.88. The van der Waals surface area contributed by atoms with E-state index >= 15 is 0 Å². The fraction of sp³-hybridized carbons (Fsp3) is 0.0588.